The first-order valence-electron chi connectivity index (χ1n) is 9.54. The molecule has 6 heteroatoms. The van der Waals surface area contributed by atoms with Crippen LogP contribution in [0.15, 0.2) is 36.4 Å². The number of benzene rings is 2. The molecule has 3 rings (SSSR count). The molecule has 1 saturated carbocycles. The fraction of sp³-hybridized carbons (Fsp3) is 0.455. The molecule has 0 saturated heterocycles. The average molecular weight is 398 g/mol. The van der Waals surface area contributed by atoms with Crippen molar-refractivity contribution in [3.63, 3.8) is 0 Å². The number of alkyl halides is 3. The van der Waals surface area contributed by atoms with Gasteiger partial charge in [-0.15, -0.1) is 13.2 Å². The molecule has 0 N–H and O–H groups in total. The van der Waals surface area contributed by atoms with Gasteiger partial charge in [0.25, 0.3) is 0 Å². The summed E-state index contributed by atoms with van der Waals surface area (Å²) in [6.45, 7) is 2.24. The van der Waals surface area contributed by atoms with Crippen LogP contribution in [0.4, 0.5) is 22.0 Å². The van der Waals surface area contributed by atoms with Crippen molar-refractivity contribution in [3.8, 4) is 5.75 Å². The van der Waals surface area contributed by atoms with E-state index in [2.05, 4.69) is 11.7 Å². The van der Waals surface area contributed by atoms with Crippen LogP contribution in [0.1, 0.15) is 55.2 Å². The van der Waals surface area contributed by atoms with Gasteiger partial charge in [0.05, 0.1) is 0 Å². The Hall–Kier alpha value is -2.11. The van der Waals surface area contributed by atoms with Gasteiger partial charge in [-0.05, 0) is 72.4 Å². The van der Waals surface area contributed by atoms with Crippen molar-refractivity contribution in [1.82, 2.24) is 0 Å². The Bertz CT molecular complexity index is 807. The van der Waals surface area contributed by atoms with Gasteiger partial charge in [-0.3, -0.25) is 0 Å². The topological polar surface area (TPSA) is 9.23 Å². The predicted octanol–water partition coefficient (Wildman–Crippen LogP) is 6.94. The molecule has 152 valence electrons. The summed E-state index contributed by atoms with van der Waals surface area (Å²) in [5.74, 6) is -1.11. The van der Waals surface area contributed by atoms with E-state index in [9.17, 15) is 22.0 Å². The molecule has 0 amide bonds. The lowest BCUT2D eigenvalue weighted by Gasteiger charge is -2.26. The van der Waals surface area contributed by atoms with Crippen LogP contribution < -0.4 is 4.74 Å². The number of halogens is 5. The summed E-state index contributed by atoms with van der Waals surface area (Å²) in [5, 5.41) is 0. The van der Waals surface area contributed by atoms with Gasteiger partial charge in [0.1, 0.15) is 5.82 Å². The molecular weight excluding hydrogens is 375 g/mol. The first kappa shape index (κ1) is 20.6. The van der Waals surface area contributed by atoms with Crippen molar-refractivity contribution in [2.24, 2.45) is 5.92 Å². The highest BCUT2D eigenvalue weighted by Gasteiger charge is 2.32. The Labute approximate surface area is 161 Å². The molecule has 0 spiro atoms. The van der Waals surface area contributed by atoms with Crippen LogP contribution in [0.5, 0.6) is 5.75 Å². The highest BCUT2D eigenvalue weighted by atomic mass is 19.4. The zero-order valence-corrected chi connectivity index (χ0v) is 15.7. The monoisotopic (exact) mass is 398 g/mol. The van der Waals surface area contributed by atoms with Crippen molar-refractivity contribution < 1.29 is 26.7 Å². The number of aryl methyl sites for hydroxylation is 2. The molecule has 0 aromatic heterocycles. The van der Waals surface area contributed by atoms with Crippen molar-refractivity contribution >= 4 is 0 Å². The molecule has 0 aliphatic heterocycles. The molecule has 2 aromatic rings. The number of hydrogen-bond acceptors (Lipinski definition) is 1. The van der Waals surface area contributed by atoms with Crippen molar-refractivity contribution in [2.45, 2.75) is 57.7 Å². The zero-order chi connectivity index (χ0) is 20.3. The molecule has 0 radical (unpaired) electrons. The van der Waals surface area contributed by atoms with Gasteiger partial charge in [-0.2, -0.15) is 0 Å². The third kappa shape index (κ3) is 5.46. The maximum atomic E-state index is 14.5. The second-order valence-electron chi connectivity index (χ2n) is 7.62. The van der Waals surface area contributed by atoms with Gasteiger partial charge in [-0.1, -0.05) is 38.0 Å². The molecule has 1 fully saturated rings. The van der Waals surface area contributed by atoms with Crippen LogP contribution in [0, 0.1) is 17.6 Å². The molecular formula is C22H23F5O. The molecule has 0 unspecified atom stereocenters. The second kappa shape index (κ2) is 8.50. The van der Waals surface area contributed by atoms with Crippen LogP contribution in [-0.2, 0) is 12.8 Å². The Morgan fingerprint density at radius 1 is 0.893 bits per heavy atom. The van der Waals surface area contributed by atoms with Gasteiger partial charge in [0.15, 0.2) is 11.6 Å². The Balaban J connectivity index is 1.62. The maximum Gasteiger partial charge on any atom is 0.573 e. The fourth-order valence-corrected chi connectivity index (χ4v) is 3.80. The van der Waals surface area contributed by atoms with E-state index in [1.165, 1.54) is 6.07 Å². The predicted molar refractivity (Wildman–Crippen MR) is 97.3 cm³/mol. The first-order chi connectivity index (χ1) is 13.2. The van der Waals surface area contributed by atoms with Crippen molar-refractivity contribution in [3.05, 3.63) is 64.7 Å². The van der Waals surface area contributed by atoms with Crippen molar-refractivity contribution in [2.75, 3.05) is 0 Å². The second-order valence-corrected chi connectivity index (χ2v) is 7.62. The summed E-state index contributed by atoms with van der Waals surface area (Å²) in [6, 6.07) is 8.62. The normalized spacial score (nSPS) is 20.2. The Kier molecular flexibility index (Phi) is 6.26. The van der Waals surface area contributed by atoms with E-state index >= 15 is 0 Å². The number of hydrogen-bond donors (Lipinski definition) is 0. The van der Waals surface area contributed by atoms with Crippen molar-refractivity contribution in [1.29, 1.82) is 0 Å². The summed E-state index contributed by atoms with van der Waals surface area (Å²) < 4.78 is 68.5. The average Bonchev–Trinajstić information content (AvgIpc) is 2.62. The summed E-state index contributed by atoms with van der Waals surface area (Å²) in [4.78, 5) is 0. The fourth-order valence-electron chi connectivity index (χ4n) is 3.80. The van der Waals surface area contributed by atoms with E-state index in [1.54, 1.807) is 12.1 Å². The highest BCUT2D eigenvalue weighted by Crippen LogP contribution is 2.36. The zero-order valence-electron chi connectivity index (χ0n) is 15.7. The van der Waals surface area contributed by atoms with E-state index in [-0.39, 0.29) is 5.82 Å². The minimum atomic E-state index is -4.94. The smallest absolute Gasteiger partial charge is 0.403 e. The van der Waals surface area contributed by atoms with E-state index in [1.807, 2.05) is 6.07 Å². The molecule has 1 aliphatic carbocycles. The number of ether oxygens (including phenoxy) is 1. The molecule has 1 nitrogen and oxygen atoms in total. The van der Waals surface area contributed by atoms with Crippen LogP contribution in [0.25, 0.3) is 0 Å². The first-order valence-corrected chi connectivity index (χ1v) is 9.54. The van der Waals surface area contributed by atoms with Crippen LogP contribution in [0.2, 0.25) is 0 Å². The lowest BCUT2D eigenvalue weighted by atomic mass is 9.79. The maximum absolute atomic E-state index is 14.5. The van der Waals surface area contributed by atoms with Crippen LogP contribution in [0.3, 0.4) is 0 Å². The minimum Gasteiger partial charge on any atom is -0.403 e. The van der Waals surface area contributed by atoms with E-state index in [0.29, 0.717) is 29.9 Å². The number of rotatable bonds is 5. The Morgan fingerprint density at radius 2 is 1.61 bits per heavy atom. The summed E-state index contributed by atoms with van der Waals surface area (Å²) >= 11 is 0. The molecule has 0 bridgehead atoms. The molecule has 28 heavy (non-hydrogen) atoms. The van der Waals surface area contributed by atoms with Gasteiger partial charge in [0, 0.05) is 0 Å². The summed E-state index contributed by atoms with van der Waals surface area (Å²) in [7, 11) is 0. The van der Waals surface area contributed by atoms with Gasteiger partial charge >= 0.3 is 6.36 Å². The highest BCUT2D eigenvalue weighted by molar-refractivity contribution is 5.32. The van der Waals surface area contributed by atoms with Gasteiger partial charge < -0.3 is 4.74 Å². The van der Waals surface area contributed by atoms with Gasteiger partial charge in [-0.25, -0.2) is 8.78 Å². The third-order valence-corrected chi connectivity index (χ3v) is 5.47. The quantitative estimate of drug-likeness (QED) is 0.496. The largest absolute Gasteiger partial charge is 0.573 e. The standard InChI is InChI=1S/C22H23F5O/c1-14-2-6-16(7-3-14)18-10-9-17(19(23)13-18)8-4-15-5-11-21(20(24)12-15)28-22(25,26)27/h5,9-14,16H,2-4,6-8H2,1H3. The van der Waals surface area contributed by atoms with E-state index in [0.717, 1.165) is 49.3 Å². The van der Waals surface area contributed by atoms with E-state index < -0.39 is 17.9 Å². The molecule has 2 aromatic carbocycles. The Morgan fingerprint density at radius 3 is 2.21 bits per heavy atom. The van der Waals surface area contributed by atoms with E-state index in [4.69, 9.17) is 0 Å². The molecule has 0 atom stereocenters. The minimum absolute atomic E-state index is 0.284. The van der Waals surface area contributed by atoms with Crippen LogP contribution >= 0.6 is 0 Å². The van der Waals surface area contributed by atoms with Crippen LogP contribution in [-0.4, -0.2) is 6.36 Å². The lowest BCUT2D eigenvalue weighted by molar-refractivity contribution is -0.275. The lowest BCUT2D eigenvalue weighted by Crippen LogP contribution is -2.18. The molecule has 1 aliphatic rings. The molecule has 0 heterocycles. The van der Waals surface area contributed by atoms with Gasteiger partial charge in [0.2, 0.25) is 0 Å². The summed E-state index contributed by atoms with van der Waals surface area (Å²) in [5.41, 5.74) is 2.02. The SMILES string of the molecule is CC1CCC(c2ccc(CCc3ccc(OC(F)(F)F)c(F)c3)c(F)c2)CC1. The summed E-state index contributed by atoms with van der Waals surface area (Å²) in [6.07, 6.45) is 0.190. The third-order valence-electron chi connectivity index (χ3n) is 5.47.